The number of hydrogen-bond acceptors (Lipinski definition) is 11. The number of alkyl halides is 3. The Morgan fingerprint density at radius 3 is 2.40 bits per heavy atom. The smallest absolute Gasteiger partial charge is 0.422 e. The van der Waals surface area contributed by atoms with Crippen LogP contribution in [-0.2, 0) is 18.5 Å². The third-order valence-corrected chi connectivity index (χ3v) is 12.8. The Hall–Kier alpha value is -4.83. The number of nitrogens with zero attached hydrogens (tertiary/aromatic N) is 9. The molecule has 1 aliphatic rings. The first-order chi connectivity index (χ1) is 27.1. The van der Waals surface area contributed by atoms with E-state index >= 15 is 0 Å². The third-order valence-electron chi connectivity index (χ3n) is 9.76. The van der Waals surface area contributed by atoms with E-state index in [2.05, 4.69) is 75.5 Å². The highest BCUT2D eigenvalue weighted by molar-refractivity contribution is 7.65. The summed E-state index contributed by atoms with van der Waals surface area (Å²) in [6.07, 6.45) is 4.35. The van der Waals surface area contributed by atoms with E-state index in [0.29, 0.717) is 31.2 Å². The van der Waals surface area contributed by atoms with Crippen LogP contribution in [0.5, 0.6) is 5.75 Å². The standard InChI is InChI=1S/C39H49F3N11O2PSi/c1-50-14-16-52(17-15-50)32-21-33(55-24-39(40,41)42)31(20-28(32)26-22-45-51(2)23-26)47-38-48-36(27-10-13-53(37(27)49-38)25-54-18-19-57(5,6)7)46-30-9-8-29-34(35(30)56(3)4)44-12-11-43-29/h8-13,20-23H,14-19,24-25H2,1-7H3,(H2,46,47,48,49). The van der Waals surface area contributed by atoms with Crippen LogP contribution in [0.25, 0.3) is 33.2 Å². The van der Waals surface area contributed by atoms with Crippen LogP contribution in [0.1, 0.15) is 0 Å². The molecule has 0 aliphatic carbocycles. The van der Waals surface area contributed by atoms with Gasteiger partial charge < -0.3 is 34.5 Å². The van der Waals surface area contributed by atoms with Crippen molar-refractivity contribution in [2.24, 2.45) is 7.05 Å². The molecule has 13 nitrogen and oxygen atoms in total. The predicted molar refractivity (Wildman–Crippen MR) is 226 cm³/mol. The Balaban J connectivity index is 1.34. The molecule has 2 aromatic carbocycles. The van der Waals surface area contributed by atoms with Crippen molar-refractivity contribution in [1.29, 1.82) is 0 Å². The Labute approximate surface area is 332 Å². The first kappa shape index (κ1) is 40.4. The first-order valence-corrected chi connectivity index (χ1v) is 24.8. The minimum absolute atomic E-state index is 0.0233. The fourth-order valence-corrected chi connectivity index (χ4v) is 8.70. The van der Waals surface area contributed by atoms with E-state index in [-0.39, 0.29) is 24.1 Å². The molecule has 5 heterocycles. The van der Waals surface area contributed by atoms with E-state index < -0.39 is 28.8 Å². The molecule has 0 unspecified atom stereocenters. The second-order valence-electron chi connectivity index (χ2n) is 15.8. The van der Waals surface area contributed by atoms with Crippen LogP contribution < -0.4 is 25.6 Å². The van der Waals surface area contributed by atoms with Crippen LogP contribution in [0, 0.1) is 0 Å². The number of hydrogen-bond donors (Lipinski definition) is 2. The average molecular weight is 820 g/mol. The number of anilines is 5. The first-order valence-electron chi connectivity index (χ1n) is 18.8. The van der Waals surface area contributed by atoms with E-state index in [1.54, 1.807) is 35.4 Å². The summed E-state index contributed by atoms with van der Waals surface area (Å²) in [7, 11) is 1.92. The summed E-state index contributed by atoms with van der Waals surface area (Å²) in [6.45, 7) is 13.7. The zero-order valence-electron chi connectivity index (χ0n) is 33.4. The van der Waals surface area contributed by atoms with E-state index in [0.717, 1.165) is 63.4 Å². The maximum absolute atomic E-state index is 13.7. The molecule has 1 saturated heterocycles. The number of nitrogens with one attached hydrogen (secondary N) is 2. The van der Waals surface area contributed by atoms with E-state index in [9.17, 15) is 13.2 Å². The van der Waals surface area contributed by atoms with Gasteiger partial charge in [-0.3, -0.25) is 14.6 Å². The molecule has 6 aromatic rings. The van der Waals surface area contributed by atoms with Crippen molar-refractivity contribution >= 4 is 72.2 Å². The molecular formula is C39H49F3N11O2PSi. The molecule has 0 saturated carbocycles. The number of ether oxygens (including phenoxy) is 2. The molecule has 0 spiro atoms. The Morgan fingerprint density at radius 1 is 0.930 bits per heavy atom. The van der Waals surface area contributed by atoms with Crippen molar-refractivity contribution in [2.45, 2.75) is 38.6 Å². The second kappa shape index (κ2) is 16.6. The van der Waals surface area contributed by atoms with Crippen LogP contribution in [-0.4, -0.2) is 113 Å². The van der Waals surface area contributed by atoms with Crippen molar-refractivity contribution in [3.05, 3.63) is 61.3 Å². The maximum atomic E-state index is 13.7. The molecule has 2 N–H and O–H groups in total. The van der Waals surface area contributed by atoms with E-state index in [1.807, 2.05) is 42.2 Å². The molecule has 1 aliphatic heterocycles. The number of halogens is 3. The van der Waals surface area contributed by atoms with Gasteiger partial charge >= 0.3 is 6.18 Å². The SMILES string of the molecule is CN1CCN(c2cc(OCC(F)(F)F)c(Nc3nc(Nc4ccc5nccnc5c4P(C)C)c4ccn(COCC[Si](C)(C)C)c4n3)cc2-c2cnn(C)c2)CC1. The summed E-state index contributed by atoms with van der Waals surface area (Å²) in [5.74, 6) is 0.685. The van der Waals surface area contributed by atoms with Crippen molar-refractivity contribution in [1.82, 2.24) is 39.2 Å². The maximum Gasteiger partial charge on any atom is 0.422 e. The molecule has 0 bridgehead atoms. The summed E-state index contributed by atoms with van der Waals surface area (Å²) in [6, 6.07) is 10.3. The highest BCUT2D eigenvalue weighted by Crippen LogP contribution is 2.42. The number of likely N-dealkylation sites (N-methyl/N-ethyl adjacent to an activating group) is 1. The quantitative estimate of drug-likeness (QED) is 0.0641. The molecule has 0 radical (unpaired) electrons. The fraction of sp³-hybridized carbons (Fsp3) is 0.410. The van der Waals surface area contributed by atoms with Gasteiger partial charge in [0.2, 0.25) is 5.95 Å². The Morgan fingerprint density at radius 2 is 1.70 bits per heavy atom. The Kier molecular flexibility index (Phi) is 11.7. The van der Waals surface area contributed by atoms with Crippen LogP contribution in [0.2, 0.25) is 25.7 Å². The van der Waals surface area contributed by atoms with Gasteiger partial charge in [0.15, 0.2) is 6.61 Å². The van der Waals surface area contributed by atoms with Gasteiger partial charge in [-0.25, -0.2) is 0 Å². The normalized spacial score (nSPS) is 14.3. The van der Waals surface area contributed by atoms with Crippen molar-refractivity contribution in [3.63, 3.8) is 0 Å². The molecule has 0 amide bonds. The van der Waals surface area contributed by atoms with Crippen LogP contribution >= 0.6 is 7.92 Å². The van der Waals surface area contributed by atoms with Crippen LogP contribution in [0.4, 0.5) is 42.0 Å². The lowest BCUT2D eigenvalue weighted by Crippen LogP contribution is -2.44. The van der Waals surface area contributed by atoms with E-state index in [4.69, 9.17) is 19.4 Å². The molecular weight excluding hydrogens is 771 g/mol. The number of fused-ring (bicyclic) bond motifs is 2. The molecule has 4 aromatic heterocycles. The predicted octanol–water partition coefficient (Wildman–Crippen LogP) is 7.63. The summed E-state index contributed by atoms with van der Waals surface area (Å²) in [5.41, 5.74) is 5.64. The van der Waals surface area contributed by atoms with Crippen molar-refractivity contribution in [2.75, 3.05) is 75.3 Å². The van der Waals surface area contributed by atoms with Crippen molar-refractivity contribution in [3.8, 4) is 16.9 Å². The van der Waals surface area contributed by atoms with Crippen LogP contribution in [0.3, 0.4) is 0 Å². The highest BCUT2D eigenvalue weighted by Gasteiger charge is 2.30. The monoisotopic (exact) mass is 819 g/mol. The fourth-order valence-electron chi connectivity index (χ4n) is 6.73. The summed E-state index contributed by atoms with van der Waals surface area (Å²) in [5, 5.41) is 13.0. The van der Waals surface area contributed by atoms with Gasteiger partial charge in [0.1, 0.15) is 23.9 Å². The average Bonchev–Trinajstić information content (AvgIpc) is 3.78. The molecule has 1 fully saturated rings. The summed E-state index contributed by atoms with van der Waals surface area (Å²) in [4.78, 5) is 23.5. The molecule has 0 atom stereocenters. The number of benzene rings is 2. The van der Waals surface area contributed by atoms with Crippen molar-refractivity contribution < 1.29 is 22.6 Å². The lowest BCUT2D eigenvalue weighted by molar-refractivity contribution is -0.153. The van der Waals surface area contributed by atoms with Gasteiger partial charge in [-0.2, -0.15) is 28.2 Å². The highest BCUT2D eigenvalue weighted by atomic mass is 31.1. The van der Waals surface area contributed by atoms with E-state index in [1.165, 1.54) is 0 Å². The van der Waals surface area contributed by atoms with Gasteiger partial charge in [0.05, 0.1) is 28.3 Å². The number of rotatable bonds is 14. The lowest BCUT2D eigenvalue weighted by atomic mass is 10.0. The van der Waals surface area contributed by atoms with Gasteiger partial charge in [0.25, 0.3) is 0 Å². The van der Waals surface area contributed by atoms with Gasteiger partial charge in [0, 0.05) is 107 Å². The molecule has 7 rings (SSSR count). The topological polar surface area (TPSA) is 123 Å². The summed E-state index contributed by atoms with van der Waals surface area (Å²) >= 11 is 0. The second-order valence-corrected chi connectivity index (χ2v) is 23.6. The number of piperazine rings is 1. The minimum Gasteiger partial charge on any atom is -0.482 e. The minimum atomic E-state index is -4.56. The third kappa shape index (κ3) is 9.66. The van der Waals surface area contributed by atoms with Gasteiger partial charge in [-0.05, 0) is 50.7 Å². The zero-order chi connectivity index (χ0) is 40.5. The zero-order valence-corrected chi connectivity index (χ0v) is 35.2. The largest absolute Gasteiger partial charge is 0.482 e. The van der Waals surface area contributed by atoms with Gasteiger partial charge in [-0.1, -0.05) is 27.6 Å². The molecule has 302 valence electrons. The number of aryl methyl sites for hydroxylation is 1. The number of aromatic nitrogens is 7. The van der Waals surface area contributed by atoms with Gasteiger partial charge in [-0.15, -0.1) is 0 Å². The summed E-state index contributed by atoms with van der Waals surface area (Å²) < 4.78 is 56.6. The lowest BCUT2D eigenvalue weighted by Gasteiger charge is -2.35. The molecule has 18 heteroatoms. The van der Waals surface area contributed by atoms with Crippen LogP contribution in [0.15, 0.2) is 61.3 Å². The molecule has 57 heavy (non-hydrogen) atoms. The Bertz CT molecular complexity index is 2350.